The Morgan fingerprint density at radius 1 is 1.30 bits per heavy atom. The van der Waals surface area contributed by atoms with Crippen LogP contribution in [0.2, 0.25) is 0 Å². The van der Waals surface area contributed by atoms with Gasteiger partial charge in [0.15, 0.2) is 0 Å². The first-order chi connectivity index (χ1) is 12.8. The largest absolute Gasteiger partial charge is 0.481 e. The molecule has 2 aromatic rings. The molecule has 0 saturated carbocycles. The Morgan fingerprint density at radius 2 is 2.00 bits per heavy atom. The number of carboxylic acids is 1. The number of piperidine rings is 1. The number of carboxylic acid groups (broad SMARTS) is 1. The normalized spacial score (nSPS) is 21.4. The van der Waals surface area contributed by atoms with E-state index < -0.39 is 30.5 Å². The second-order valence-electron chi connectivity index (χ2n) is 7.06. The standard InChI is InChI=1S/C18H22F2N4O3/c1-10-7-12(16(25)26)9-23(8-10)18(27)21-11(2)15-22-13-5-3-4-6-14(13)24(15)17(19)20/h3-6,10-12,17H,7-9H2,1-2H3,(H,21,27)(H,25,26). The van der Waals surface area contributed by atoms with Crippen molar-refractivity contribution in [3.05, 3.63) is 30.1 Å². The Kier molecular flexibility index (Phi) is 5.29. The molecule has 3 unspecified atom stereocenters. The average molecular weight is 380 g/mol. The van der Waals surface area contributed by atoms with E-state index in [2.05, 4.69) is 10.3 Å². The van der Waals surface area contributed by atoms with E-state index in [0.717, 1.165) is 4.57 Å². The molecular weight excluding hydrogens is 358 g/mol. The van der Waals surface area contributed by atoms with Gasteiger partial charge in [0, 0.05) is 13.1 Å². The van der Waals surface area contributed by atoms with Gasteiger partial charge >= 0.3 is 18.5 Å². The molecule has 3 rings (SSSR count). The molecule has 1 aliphatic rings. The lowest BCUT2D eigenvalue weighted by Crippen LogP contribution is -2.50. The highest BCUT2D eigenvalue weighted by molar-refractivity contribution is 5.78. The molecule has 0 aliphatic carbocycles. The van der Waals surface area contributed by atoms with E-state index in [-0.39, 0.29) is 18.3 Å². The highest BCUT2D eigenvalue weighted by atomic mass is 19.3. The van der Waals surface area contributed by atoms with Crippen LogP contribution in [0.1, 0.15) is 38.7 Å². The number of aromatic nitrogens is 2. The molecule has 9 heteroatoms. The summed E-state index contributed by atoms with van der Waals surface area (Å²) in [5, 5.41) is 11.9. The van der Waals surface area contributed by atoms with Crippen molar-refractivity contribution in [1.82, 2.24) is 19.8 Å². The Hall–Kier alpha value is -2.71. The zero-order chi connectivity index (χ0) is 19.7. The van der Waals surface area contributed by atoms with Crippen molar-refractivity contribution in [2.24, 2.45) is 11.8 Å². The third-order valence-electron chi connectivity index (χ3n) is 4.84. The molecule has 0 spiro atoms. The van der Waals surface area contributed by atoms with Crippen molar-refractivity contribution < 1.29 is 23.5 Å². The molecule has 146 valence electrons. The molecule has 27 heavy (non-hydrogen) atoms. The Bertz CT molecular complexity index is 854. The van der Waals surface area contributed by atoms with Crippen molar-refractivity contribution in [2.75, 3.05) is 13.1 Å². The van der Waals surface area contributed by atoms with Crippen LogP contribution in [0, 0.1) is 11.8 Å². The van der Waals surface area contributed by atoms with Crippen molar-refractivity contribution >= 4 is 23.0 Å². The zero-order valence-corrected chi connectivity index (χ0v) is 15.1. The fourth-order valence-electron chi connectivity index (χ4n) is 3.61. The van der Waals surface area contributed by atoms with Crippen LogP contribution < -0.4 is 5.32 Å². The van der Waals surface area contributed by atoms with Crippen LogP contribution in [-0.4, -0.2) is 44.6 Å². The van der Waals surface area contributed by atoms with Gasteiger partial charge in [-0.05, 0) is 31.4 Å². The second kappa shape index (κ2) is 7.50. The maximum atomic E-state index is 13.6. The molecule has 2 heterocycles. The molecular formula is C18H22F2N4O3. The van der Waals surface area contributed by atoms with E-state index in [0.29, 0.717) is 24.0 Å². The van der Waals surface area contributed by atoms with Crippen LogP contribution in [0.15, 0.2) is 24.3 Å². The van der Waals surface area contributed by atoms with Crippen molar-refractivity contribution in [3.8, 4) is 0 Å². The monoisotopic (exact) mass is 380 g/mol. The number of hydrogen-bond acceptors (Lipinski definition) is 3. The number of aliphatic carboxylic acids is 1. The summed E-state index contributed by atoms with van der Waals surface area (Å²) < 4.78 is 27.9. The molecule has 2 N–H and O–H groups in total. The predicted molar refractivity (Wildman–Crippen MR) is 94.4 cm³/mol. The summed E-state index contributed by atoms with van der Waals surface area (Å²) in [6.07, 6.45) is 0.510. The number of alkyl halides is 2. The lowest BCUT2D eigenvalue weighted by molar-refractivity contribution is -0.143. The van der Waals surface area contributed by atoms with E-state index in [1.807, 2.05) is 6.92 Å². The minimum Gasteiger partial charge on any atom is -0.481 e. The van der Waals surface area contributed by atoms with Crippen LogP contribution in [0.5, 0.6) is 0 Å². The van der Waals surface area contributed by atoms with Gasteiger partial charge in [0.2, 0.25) is 0 Å². The summed E-state index contributed by atoms with van der Waals surface area (Å²) >= 11 is 0. The third-order valence-corrected chi connectivity index (χ3v) is 4.84. The number of nitrogens with one attached hydrogen (secondary N) is 1. The molecule has 1 saturated heterocycles. The van der Waals surface area contributed by atoms with Gasteiger partial charge in [-0.2, -0.15) is 8.78 Å². The number of carbonyl (C=O) groups is 2. The summed E-state index contributed by atoms with van der Waals surface area (Å²) in [6.45, 7) is 1.20. The third kappa shape index (κ3) is 3.86. The van der Waals surface area contributed by atoms with Crippen LogP contribution in [0.3, 0.4) is 0 Å². The number of halogens is 2. The first kappa shape index (κ1) is 19.1. The molecule has 7 nitrogen and oxygen atoms in total. The number of hydrogen-bond donors (Lipinski definition) is 2. The summed E-state index contributed by atoms with van der Waals surface area (Å²) in [5.41, 5.74) is 0.715. The number of carbonyl (C=O) groups excluding carboxylic acids is 1. The van der Waals surface area contributed by atoms with Gasteiger partial charge in [-0.1, -0.05) is 19.1 Å². The smallest absolute Gasteiger partial charge is 0.320 e. The average Bonchev–Trinajstić information content (AvgIpc) is 3.01. The molecule has 1 aromatic carbocycles. The van der Waals surface area contributed by atoms with Gasteiger partial charge in [0.05, 0.1) is 23.0 Å². The summed E-state index contributed by atoms with van der Waals surface area (Å²) in [6, 6.07) is 5.30. The first-order valence-corrected chi connectivity index (χ1v) is 8.81. The predicted octanol–water partition coefficient (Wildman–Crippen LogP) is 3.24. The fourth-order valence-corrected chi connectivity index (χ4v) is 3.61. The minimum atomic E-state index is -2.79. The van der Waals surface area contributed by atoms with Crippen LogP contribution in [0.4, 0.5) is 13.6 Å². The van der Waals surface area contributed by atoms with E-state index in [1.165, 1.54) is 4.90 Å². The number of likely N-dealkylation sites (tertiary alicyclic amines) is 1. The maximum Gasteiger partial charge on any atom is 0.320 e. The Balaban J connectivity index is 1.80. The molecule has 1 aromatic heterocycles. The molecule has 3 atom stereocenters. The van der Waals surface area contributed by atoms with E-state index in [4.69, 9.17) is 0 Å². The highest BCUT2D eigenvalue weighted by Crippen LogP contribution is 2.27. The lowest BCUT2D eigenvalue weighted by atomic mass is 9.91. The SMILES string of the molecule is CC1CC(C(=O)O)CN(C(=O)NC(C)c2nc3ccccc3n2C(F)F)C1. The number of para-hydroxylation sites is 2. The fraction of sp³-hybridized carbons (Fsp3) is 0.500. The zero-order valence-electron chi connectivity index (χ0n) is 15.1. The van der Waals surface area contributed by atoms with Crippen molar-refractivity contribution in [3.63, 3.8) is 0 Å². The number of rotatable bonds is 4. The molecule has 1 aliphatic heterocycles. The number of fused-ring (bicyclic) bond motifs is 1. The van der Waals surface area contributed by atoms with E-state index >= 15 is 0 Å². The number of nitrogens with zero attached hydrogens (tertiary/aromatic N) is 3. The molecule has 0 bridgehead atoms. The molecule has 2 amide bonds. The van der Waals surface area contributed by atoms with Gasteiger partial charge in [-0.15, -0.1) is 0 Å². The Morgan fingerprint density at radius 3 is 2.67 bits per heavy atom. The van der Waals surface area contributed by atoms with Crippen LogP contribution in [0.25, 0.3) is 11.0 Å². The first-order valence-electron chi connectivity index (χ1n) is 8.81. The van der Waals surface area contributed by atoms with Crippen LogP contribution >= 0.6 is 0 Å². The summed E-state index contributed by atoms with van der Waals surface area (Å²) in [5.74, 6) is -1.46. The molecule has 1 fully saturated rings. The van der Waals surface area contributed by atoms with Crippen LogP contribution in [-0.2, 0) is 4.79 Å². The highest BCUT2D eigenvalue weighted by Gasteiger charge is 2.33. The summed E-state index contributed by atoms with van der Waals surface area (Å²) in [7, 11) is 0. The van der Waals surface area contributed by atoms with Gasteiger partial charge in [0.1, 0.15) is 5.82 Å². The number of benzene rings is 1. The lowest BCUT2D eigenvalue weighted by Gasteiger charge is -2.35. The minimum absolute atomic E-state index is 0.0477. The van der Waals surface area contributed by atoms with Crippen molar-refractivity contribution in [1.29, 1.82) is 0 Å². The van der Waals surface area contributed by atoms with Gasteiger partial charge in [0.25, 0.3) is 0 Å². The van der Waals surface area contributed by atoms with Gasteiger partial charge in [-0.3, -0.25) is 9.36 Å². The topological polar surface area (TPSA) is 87.5 Å². The van der Waals surface area contributed by atoms with Crippen molar-refractivity contribution in [2.45, 2.75) is 32.9 Å². The maximum absolute atomic E-state index is 13.6. The Labute approximate surface area is 155 Å². The van der Waals surface area contributed by atoms with Gasteiger partial charge in [-0.25, -0.2) is 9.78 Å². The number of urea groups is 1. The van der Waals surface area contributed by atoms with Gasteiger partial charge < -0.3 is 15.3 Å². The molecule has 0 radical (unpaired) electrons. The second-order valence-corrected chi connectivity index (χ2v) is 7.06. The quantitative estimate of drug-likeness (QED) is 0.852. The number of amides is 2. The van der Waals surface area contributed by atoms with E-state index in [1.54, 1.807) is 31.2 Å². The number of imidazole rings is 1. The van der Waals surface area contributed by atoms with E-state index in [9.17, 15) is 23.5 Å². The summed E-state index contributed by atoms with van der Waals surface area (Å²) in [4.78, 5) is 29.5.